The zero-order valence-corrected chi connectivity index (χ0v) is 10.7. The van der Waals surface area contributed by atoms with Crippen LogP contribution in [0, 0.1) is 5.82 Å². The van der Waals surface area contributed by atoms with E-state index in [1.54, 1.807) is 0 Å². The summed E-state index contributed by atoms with van der Waals surface area (Å²) in [4.78, 5) is 6.20. The van der Waals surface area contributed by atoms with Crippen molar-refractivity contribution in [3.8, 4) is 5.75 Å². The van der Waals surface area contributed by atoms with E-state index in [0.717, 1.165) is 13.1 Å². The standard InChI is InChI=1S/C12H15ClFN3O/c13-10-8-9(2-3-11(10)14)18-7-4-16-12(15)17-5-1-6-17/h2-3,8H,1,4-7H2,(H2,15,16). The van der Waals surface area contributed by atoms with E-state index in [4.69, 9.17) is 22.1 Å². The van der Waals surface area contributed by atoms with Crippen molar-refractivity contribution in [2.75, 3.05) is 26.2 Å². The molecule has 1 aromatic rings. The number of ether oxygens (including phenoxy) is 1. The lowest BCUT2D eigenvalue weighted by Crippen LogP contribution is -2.46. The summed E-state index contributed by atoms with van der Waals surface area (Å²) in [7, 11) is 0. The van der Waals surface area contributed by atoms with Gasteiger partial charge in [-0.2, -0.15) is 0 Å². The van der Waals surface area contributed by atoms with Crippen LogP contribution in [0.2, 0.25) is 5.02 Å². The molecule has 0 amide bonds. The van der Waals surface area contributed by atoms with E-state index >= 15 is 0 Å². The van der Waals surface area contributed by atoms with Crippen molar-refractivity contribution >= 4 is 17.6 Å². The van der Waals surface area contributed by atoms with Gasteiger partial charge in [-0.15, -0.1) is 0 Å². The molecule has 1 aromatic carbocycles. The highest BCUT2D eigenvalue weighted by Crippen LogP contribution is 2.20. The van der Waals surface area contributed by atoms with Crippen LogP contribution < -0.4 is 10.5 Å². The van der Waals surface area contributed by atoms with Gasteiger partial charge in [0.05, 0.1) is 11.6 Å². The molecular formula is C12H15ClFN3O. The van der Waals surface area contributed by atoms with Crippen LogP contribution in [0.4, 0.5) is 4.39 Å². The van der Waals surface area contributed by atoms with Crippen LogP contribution in [0.25, 0.3) is 0 Å². The largest absolute Gasteiger partial charge is 0.492 e. The first kappa shape index (κ1) is 13.0. The Morgan fingerprint density at radius 2 is 2.28 bits per heavy atom. The molecule has 1 fully saturated rings. The minimum absolute atomic E-state index is 0.0519. The normalized spacial score (nSPS) is 15.4. The van der Waals surface area contributed by atoms with Crippen molar-refractivity contribution in [2.45, 2.75) is 6.42 Å². The molecule has 2 N–H and O–H groups in total. The fourth-order valence-electron chi connectivity index (χ4n) is 1.54. The molecule has 0 spiro atoms. The summed E-state index contributed by atoms with van der Waals surface area (Å²) in [5.41, 5.74) is 5.75. The number of benzene rings is 1. The predicted octanol–water partition coefficient (Wildman–Crippen LogP) is 1.88. The summed E-state index contributed by atoms with van der Waals surface area (Å²) >= 11 is 5.64. The van der Waals surface area contributed by atoms with Crippen LogP contribution in [0.5, 0.6) is 5.75 Å². The Morgan fingerprint density at radius 1 is 1.50 bits per heavy atom. The Kier molecular flexibility index (Phi) is 4.25. The number of guanidine groups is 1. The van der Waals surface area contributed by atoms with Gasteiger partial charge >= 0.3 is 0 Å². The fraction of sp³-hybridized carbons (Fsp3) is 0.417. The first-order valence-corrected chi connectivity index (χ1v) is 6.17. The molecule has 0 atom stereocenters. The molecular weight excluding hydrogens is 257 g/mol. The van der Waals surface area contributed by atoms with Crippen molar-refractivity contribution in [1.82, 2.24) is 4.90 Å². The monoisotopic (exact) mass is 271 g/mol. The van der Waals surface area contributed by atoms with E-state index in [1.165, 1.54) is 24.6 Å². The maximum Gasteiger partial charge on any atom is 0.191 e. The van der Waals surface area contributed by atoms with Gasteiger partial charge in [-0.3, -0.25) is 0 Å². The lowest BCUT2D eigenvalue weighted by Gasteiger charge is -2.31. The average Bonchev–Trinajstić information content (AvgIpc) is 2.27. The number of rotatable bonds is 4. The third-order valence-electron chi connectivity index (χ3n) is 2.70. The van der Waals surface area contributed by atoms with Gasteiger partial charge in [-0.25, -0.2) is 9.38 Å². The van der Waals surface area contributed by atoms with Gasteiger partial charge in [0.25, 0.3) is 0 Å². The first-order chi connectivity index (χ1) is 8.66. The molecule has 1 saturated heterocycles. The lowest BCUT2D eigenvalue weighted by molar-refractivity contribution is 0.292. The van der Waals surface area contributed by atoms with Gasteiger partial charge in [0.15, 0.2) is 5.96 Å². The maximum atomic E-state index is 12.9. The smallest absolute Gasteiger partial charge is 0.191 e. The zero-order valence-electron chi connectivity index (χ0n) is 9.90. The van der Waals surface area contributed by atoms with Crippen molar-refractivity contribution in [3.05, 3.63) is 29.0 Å². The van der Waals surface area contributed by atoms with Crippen LogP contribution in [0.15, 0.2) is 23.2 Å². The number of aliphatic imine (C=N–C) groups is 1. The molecule has 1 heterocycles. The van der Waals surface area contributed by atoms with Gasteiger partial charge < -0.3 is 15.4 Å². The van der Waals surface area contributed by atoms with E-state index in [0.29, 0.717) is 24.9 Å². The Balaban J connectivity index is 1.76. The Hall–Kier alpha value is -1.49. The highest BCUT2D eigenvalue weighted by Gasteiger charge is 2.14. The van der Waals surface area contributed by atoms with Crippen molar-refractivity contribution in [1.29, 1.82) is 0 Å². The number of halogens is 2. The molecule has 0 bridgehead atoms. The lowest BCUT2D eigenvalue weighted by atomic mass is 10.2. The second-order valence-corrected chi connectivity index (χ2v) is 4.41. The number of likely N-dealkylation sites (tertiary alicyclic amines) is 1. The molecule has 0 radical (unpaired) electrons. The zero-order chi connectivity index (χ0) is 13.0. The quantitative estimate of drug-likeness (QED) is 0.517. The van der Waals surface area contributed by atoms with Crippen LogP contribution in [-0.4, -0.2) is 37.1 Å². The van der Waals surface area contributed by atoms with E-state index in [-0.39, 0.29) is 5.02 Å². The first-order valence-electron chi connectivity index (χ1n) is 5.79. The van der Waals surface area contributed by atoms with Gasteiger partial charge in [0.2, 0.25) is 0 Å². The minimum Gasteiger partial charge on any atom is -0.492 e. The average molecular weight is 272 g/mol. The van der Waals surface area contributed by atoms with Crippen molar-refractivity contribution < 1.29 is 9.13 Å². The molecule has 0 aliphatic carbocycles. The summed E-state index contributed by atoms with van der Waals surface area (Å²) in [6.45, 7) is 2.81. The van der Waals surface area contributed by atoms with Crippen LogP contribution in [0.1, 0.15) is 6.42 Å². The van der Waals surface area contributed by atoms with Crippen molar-refractivity contribution in [3.63, 3.8) is 0 Å². The maximum absolute atomic E-state index is 12.9. The molecule has 98 valence electrons. The minimum atomic E-state index is -0.455. The summed E-state index contributed by atoms with van der Waals surface area (Å²) in [5, 5.41) is 0.0519. The summed E-state index contributed by atoms with van der Waals surface area (Å²) < 4.78 is 18.3. The third kappa shape index (κ3) is 3.26. The van der Waals surface area contributed by atoms with E-state index < -0.39 is 5.82 Å². The van der Waals surface area contributed by atoms with Gasteiger partial charge in [0, 0.05) is 19.2 Å². The fourth-order valence-corrected chi connectivity index (χ4v) is 1.71. The molecule has 6 heteroatoms. The van der Waals surface area contributed by atoms with Gasteiger partial charge in [-0.05, 0) is 18.6 Å². The molecule has 18 heavy (non-hydrogen) atoms. The summed E-state index contributed by atoms with van der Waals surface area (Å²) in [6, 6.07) is 4.25. The van der Waals surface area contributed by atoms with Crippen molar-refractivity contribution in [2.24, 2.45) is 10.7 Å². The molecule has 0 aromatic heterocycles. The number of hydrogen-bond acceptors (Lipinski definition) is 2. The molecule has 0 unspecified atom stereocenters. The molecule has 2 rings (SSSR count). The SMILES string of the molecule is NC(=NCCOc1ccc(F)c(Cl)c1)N1CCC1. The highest BCUT2D eigenvalue weighted by molar-refractivity contribution is 6.30. The van der Waals surface area contributed by atoms with E-state index in [9.17, 15) is 4.39 Å². The van der Waals surface area contributed by atoms with Crippen LogP contribution in [-0.2, 0) is 0 Å². The second kappa shape index (κ2) is 5.91. The third-order valence-corrected chi connectivity index (χ3v) is 2.99. The predicted molar refractivity (Wildman–Crippen MR) is 69.6 cm³/mol. The molecule has 4 nitrogen and oxygen atoms in total. The molecule has 1 aliphatic heterocycles. The van der Waals surface area contributed by atoms with Gasteiger partial charge in [0.1, 0.15) is 18.2 Å². The summed E-state index contributed by atoms with van der Waals surface area (Å²) in [5.74, 6) is 0.630. The number of nitrogens with two attached hydrogens (primary N) is 1. The Labute approximate surface area is 110 Å². The molecule has 0 saturated carbocycles. The highest BCUT2D eigenvalue weighted by atomic mass is 35.5. The van der Waals surface area contributed by atoms with Crippen LogP contribution in [0.3, 0.4) is 0 Å². The molecule has 1 aliphatic rings. The number of hydrogen-bond donors (Lipinski definition) is 1. The number of nitrogens with zero attached hydrogens (tertiary/aromatic N) is 2. The Bertz CT molecular complexity index is 449. The van der Waals surface area contributed by atoms with E-state index in [2.05, 4.69) is 4.99 Å². The second-order valence-electron chi connectivity index (χ2n) is 4.00. The van der Waals surface area contributed by atoms with E-state index in [1.807, 2.05) is 4.90 Å². The summed E-state index contributed by atoms with van der Waals surface area (Å²) in [6.07, 6.45) is 1.17. The Morgan fingerprint density at radius 3 is 2.89 bits per heavy atom. The van der Waals surface area contributed by atoms with Gasteiger partial charge in [-0.1, -0.05) is 11.6 Å². The topological polar surface area (TPSA) is 50.9 Å². The van der Waals surface area contributed by atoms with Crippen LogP contribution >= 0.6 is 11.6 Å².